The molecule has 0 saturated heterocycles. The molecule has 0 aliphatic carbocycles. The van der Waals surface area contributed by atoms with Crippen LogP contribution in [-0.2, 0) is 6.54 Å². The van der Waals surface area contributed by atoms with Crippen molar-refractivity contribution in [3.8, 4) is 6.07 Å². The van der Waals surface area contributed by atoms with Crippen molar-refractivity contribution in [1.29, 1.82) is 5.26 Å². The molecule has 0 fully saturated rings. The van der Waals surface area contributed by atoms with Crippen LogP contribution in [-0.4, -0.2) is 9.97 Å². The lowest BCUT2D eigenvalue weighted by molar-refractivity contribution is 0.905. The van der Waals surface area contributed by atoms with Gasteiger partial charge >= 0.3 is 0 Å². The minimum atomic E-state index is 0.311. The molecule has 4 nitrogen and oxygen atoms in total. The highest BCUT2D eigenvalue weighted by Crippen LogP contribution is 1.91. The lowest BCUT2D eigenvalue weighted by Gasteiger charge is -1.91. The number of hydrogen-bond acceptors (Lipinski definition) is 4. The average molecular weight is 134 g/mol. The van der Waals surface area contributed by atoms with Gasteiger partial charge in [0.2, 0.25) is 0 Å². The molecule has 0 bridgehead atoms. The van der Waals surface area contributed by atoms with Crippen LogP contribution in [0.1, 0.15) is 11.4 Å². The Bertz CT molecular complexity index is 245. The van der Waals surface area contributed by atoms with Gasteiger partial charge in [0.15, 0.2) is 0 Å². The van der Waals surface area contributed by atoms with E-state index in [0.29, 0.717) is 17.9 Å². The van der Waals surface area contributed by atoms with Gasteiger partial charge in [0.25, 0.3) is 0 Å². The summed E-state index contributed by atoms with van der Waals surface area (Å²) in [5, 5.41) is 8.34. The molecule has 0 spiro atoms. The van der Waals surface area contributed by atoms with Crippen LogP contribution in [0.15, 0.2) is 12.4 Å². The van der Waals surface area contributed by atoms with Crippen molar-refractivity contribution in [2.24, 2.45) is 5.73 Å². The van der Waals surface area contributed by atoms with Gasteiger partial charge in [0.05, 0.1) is 12.1 Å². The fraction of sp³-hybridized carbons (Fsp3) is 0.167. The summed E-state index contributed by atoms with van der Waals surface area (Å²) in [4.78, 5) is 7.62. The summed E-state index contributed by atoms with van der Waals surface area (Å²) in [7, 11) is 0. The highest BCUT2D eigenvalue weighted by molar-refractivity contribution is 5.21. The van der Waals surface area contributed by atoms with Crippen molar-refractivity contribution in [2.45, 2.75) is 6.54 Å². The molecular formula is C6H6N4. The topological polar surface area (TPSA) is 75.6 Å². The molecule has 1 aromatic rings. The molecule has 0 atom stereocenters. The maximum atomic E-state index is 8.34. The van der Waals surface area contributed by atoms with E-state index < -0.39 is 0 Å². The highest BCUT2D eigenvalue weighted by atomic mass is 14.9. The van der Waals surface area contributed by atoms with E-state index in [4.69, 9.17) is 11.0 Å². The summed E-state index contributed by atoms with van der Waals surface area (Å²) >= 11 is 0. The van der Waals surface area contributed by atoms with Crippen molar-refractivity contribution in [2.75, 3.05) is 0 Å². The first-order valence-electron chi connectivity index (χ1n) is 2.78. The lowest BCUT2D eigenvalue weighted by Crippen LogP contribution is -2.02. The summed E-state index contributed by atoms with van der Waals surface area (Å²) in [6, 6.07) is 1.91. The van der Waals surface area contributed by atoms with E-state index in [9.17, 15) is 0 Å². The predicted octanol–water partition coefficient (Wildman–Crippen LogP) is -0.193. The predicted molar refractivity (Wildman–Crippen MR) is 34.6 cm³/mol. The summed E-state index contributed by atoms with van der Waals surface area (Å²) in [5.41, 5.74) is 5.69. The Morgan fingerprint density at radius 1 is 1.50 bits per heavy atom. The number of hydrogen-bond donors (Lipinski definition) is 1. The zero-order chi connectivity index (χ0) is 7.40. The summed E-state index contributed by atoms with van der Waals surface area (Å²) < 4.78 is 0. The normalized spacial score (nSPS) is 8.80. The second-order valence-electron chi connectivity index (χ2n) is 1.70. The van der Waals surface area contributed by atoms with Crippen LogP contribution in [0.25, 0.3) is 0 Å². The standard InChI is InChI=1S/C6H6N4/c7-1-5-3-9-6(2-8)10-4-5/h3-4H,2,8H2. The monoisotopic (exact) mass is 134 g/mol. The van der Waals surface area contributed by atoms with E-state index in [1.54, 1.807) is 0 Å². The van der Waals surface area contributed by atoms with Crippen molar-refractivity contribution >= 4 is 0 Å². The molecule has 4 heteroatoms. The number of rotatable bonds is 1. The zero-order valence-corrected chi connectivity index (χ0v) is 5.28. The van der Waals surface area contributed by atoms with Crippen LogP contribution in [0.2, 0.25) is 0 Å². The number of nitrogens with zero attached hydrogens (tertiary/aromatic N) is 3. The van der Waals surface area contributed by atoms with Gasteiger partial charge in [0, 0.05) is 12.4 Å². The van der Waals surface area contributed by atoms with Crippen LogP contribution in [0.4, 0.5) is 0 Å². The summed E-state index contributed by atoms with van der Waals surface area (Å²) in [6.07, 6.45) is 2.91. The van der Waals surface area contributed by atoms with Crippen LogP contribution in [0.5, 0.6) is 0 Å². The first-order chi connectivity index (χ1) is 4.86. The minimum Gasteiger partial charge on any atom is -0.324 e. The van der Waals surface area contributed by atoms with E-state index in [1.165, 1.54) is 12.4 Å². The fourth-order valence-corrected chi connectivity index (χ4v) is 0.518. The number of aromatic nitrogens is 2. The van der Waals surface area contributed by atoms with Crippen molar-refractivity contribution in [3.05, 3.63) is 23.8 Å². The van der Waals surface area contributed by atoms with E-state index in [1.807, 2.05) is 6.07 Å². The van der Waals surface area contributed by atoms with E-state index in [-0.39, 0.29) is 0 Å². The Balaban J connectivity index is 2.93. The molecule has 0 aliphatic rings. The molecule has 0 aromatic carbocycles. The highest BCUT2D eigenvalue weighted by Gasteiger charge is 1.91. The second-order valence-corrected chi connectivity index (χ2v) is 1.70. The Hall–Kier alpha value is -1.47. The van der Waals surface area contributed by atoms with Gasteiger partial charge in [-0.3, -0.25) is 0 Å². The van der Waals surface area contributed by atoms with Gasteiger partial charge in [-0.25, -0.2) is 9.97 Å². The Labute approximate surface area is 58.3 Å². The first-order valence-corrected chi connectivity index (χ1v) is 2.78. The molecule has 0 amide bonds. The summed E-state index contributed by atoms with van der Waals surface area (Å²) in [5.74, 6) is 0.555. The van der Waals surface area contributed by atoms with Crippen LogP contribution in [0.3, 0.4) is 0 Å². The van der Waals surface area contributed by atoms with E-state index in [2.05, 4.69) is 9.97 Å². The molecule has 0 radical (unpaired) electrons. The molecule has 0 saturated carbocycles. The minimum absolute atomic E-state index is 0.311. The van der Waals surface area contributed by atoms with Gasteiger partial charge in [0.1, 0.15) is 11.9 Å². The van der Waals surface area contributed by atoms with Crippen molar-refractivity contribution in [1.82, 2.24) is 9.97 Å². The Kier molecular flexibility index (Phi) is 1.92. The zero-order valence-electron chi connectivity index (χ0n) is 5.28. The molecule has 1 rings (SSSR count). The van der Waals surface area contributed by atoms with Gasteiger partial charge in [-0.15, -0.1) is 0 Å². The van der Waals surface area contributed by atoms with Crippen molar-refractivity contribution in [3.63, 3.8) is 0 Å². The van der Waals surface area contributed by atoms with Crippen molar-refractivity contribution < 1.29 is 0 Å². The molecule has 10 heavy (non-hydrogen) atoms. The largest absolute Gasteiger partial charge is 0.324 e. The van der Waals surface area contributed by atoms with Gasteiger partial charge in [-0.05, 0) is 0 Å². The van der Waals surface area contributed by atoms with Crippen LogP contribution < -0.4 is 5.73 Å². The third-order valence-corrected chi connectivity index (χ3v) is 1.02. The third-order valence-electron chi connectivity index (χ3n) is 1.02. The number of nitriles is 1. The first kappa shape index (κ1) is 6.65. The van der Waals surface area contributed by atoms with E-state index >= 15 is 0 Å². The molecular weight excluding hydrogens is 128 g/mol. The maximum absolute atomic E-state index is 8.34. The van der Waals surface area contributed by atoms with Crippen LogP contribution in [0, 0.1) is 11.3 Å². The Morgan fingerprint density at radius 3 is 2.50 bits per heavy atom. The second kappa shape index (κ2) is 2.90. The van der Waals surface area contributed by atoms with Gasteiger partial charge in [-0.2, -0.15) is 5.26 Å². The summed E-state index contributed by atoms with van der Waals surface area (Å²) in [6.45, 7) is 0.311. The van der Waals surface area contributed by atoms with E-state index in [0.717, 1.165) is 0 Å². The average Bonchev–Trinajstić information content (AvgIpc) is 2.05. The maximum Gasteiger partial charge on any atom is 0.141 e. The van der Waals surface area contributed by atoms with Crippen LogP contribution >= 0.6 is 0 Å². The molecule has 0 unspecified atom stereocenters. The quantitative estimate of drug-likeness (QED) is 0.577. The molecule has 0 aliphatic heterocycles. The Morgan fingerprint density at radius 2 is 2.10 bits per heavy atom. The molecule has 50 valence electrons. The number of nitrogens with two attached hydrogens (primary N) is 1. The molecule has 1 heterocycles. The van der Waals surface area contributed by atoms with Gasteiger partial charge in [-0.1, -0.05) is 0 Å². The fourth-order valence-electron chi connectivity index (χ4n) is 0.518. The SMILES string of the molecule is N#Cc1cnc(CN)nc1. The smallest absolute Gasteiger partial charge is 0.141 e. The molecule has 2 N–H and O–H groups in total. The molecule has 1 aromatic heterocycles. The lowest BCUT2D eigenvalue weighted by atomic mass is 10.4. The third kappa shape index (κ3) is 1.27. The van der Waals surface area contributed by atoms with Gasteiger partial charge < -0.3 is 5.73 Å².